The second-order valence-electron chi connectivity index (χ2n) is 5.89. The number of amides is 1. The van der Waals surface area contributed by atoms with Crippen LogP contribution in [0.4, 0.5) is 5.13 Å². The van der Waals surface area contributed by atoms with Crippen molar-refractivity contribution in [2.24, 2.45) is 0 Å². The van der Waals surface area contributed by atoms with E-state index in [9.17, 15) is 9.59 Å². The molecule has 0 spiro atoms. The summed E-state index contributed by atoms with van der Waals surface area (Å²) in [6.07, 6.45) is 1.48. The number of carbonyl (C=O) groups is 2. The Balaban J connectivity index is 1.66. The highest BCUT2D eigenvalue weighted by Crippen LogP contribution is 2.24. The summed E-state index contributed by atoms with van der Waals surface area (Å²) in [7, 11) is 0. The fraction of sp³-hybridized carbons (Fsp3) is 0.211. The zero-order valence-electron chi connectivity index (χ0n) is 15.8. The van der Waals surface area contributed by atoms with Crippen molar-refractivity contribution in [3.63, 3.8) is 0 Å². The summed E-state index contributed by atoms with van der Waals surface area (Å²) in [6, 6.07) is 6.77. The van der Waals surface area contributed by atoms with Crippen LogP contribution >= 0.6 is 23.1 Å². The van der Waals surface area contributed by atoms with Crippen LogP contribution in [0, 0.1) is 13.8 Å². The number of rotatable bonds is 8. The fourth-order valence-electron chi connectivity index (χ4n) is 2.27. The average molecular weight is 431 g/mol. The third-order valence-corrected chi connectivity index (χ3v) is 5.46. The number of anilines is 1. The summed E-state index contributed by atoms with van der Waals surface area (Å²) in [5.41, 5.74) is 2.48. The summed E-state index contributed by atoms with van der Waals surface area (Å²) in [4.78, 5) is 29.1. The highest BCUT2D eigenvalue weighted by molar-refractivity contribution is 7.17. The predicted molar refractivity (Wildman–Crippen MR) is 111 cm³/mol. The Kier molecular flexibility index (Phi) is 6.68. The standard InChI is InChI=1S/C19H18N4O4S2/c1-4-8-26-18(25)16-12(3)20-19(28-16)21-17(24)13-6-5-7-14(9-13)27-10-15-11(2)22-29-23-15/h4-7,9H,1,8,10H2,2-3H3,(H,20,21,24). The Labute approximate surface area is 175 Å². The first kappa shape index (κ1) is 20.6. The summed E-state index contributed by atoms with van der Waals surface area (Å²) >= 11 is 2.19. The number of thiazole rings is 1. The van der Waals surface area contributed by atoms with E-state index >= 15 is 0 Å². The first-order valence-corrected chi connectivity index (χ1v) is 10.1. The van der Waals surface area contributed by atoms with E-state index < -0.39 is 5.97 Å². The fourth-order valence-corrected chi connectivity index (χ4v) is 3.68. The van der Waals surface area contributed by atoms with Crippen LogP contribution in [0.25, 0.3) is 0 Å². The molecule has 0 fully saturated rings. The van der Waals surface area contributed by atoms with E-state index in [1.165, 1.54) is 6.08 Å². The van der Waals surface area contributed by atoms with Crippen molar-refractivity contribution in [2.75, 3.05) is 11.9 Å². The first-order valence-electron chi connectivity index (χ1n) is 8.55. The number of nitrogens with zero attached hydrogens (tertiary/aromatic N) is 3. The smallest absolute Gasteiger partial charge is 0.350 e. The van der Waals surface area contributed by atoms with E-state index in [2.05, 4.69) is 25.6 Å². The van der Waals surface area contributed by atoms with Crippen molar-refractivity contribution in [3.8, 4) is 5.75 Å². The van der Waals surface area contributed by atoms with Gasteiger partial charge in [0, 0.05) is 5.56 Å². The second-order valence-corrected chi connectivity index (χ2v) is 7.42. The molecule has 150 valence electrons. The molecular weight excluding hydrogens is 412 g/mol. The van der Waals surface area contributed by atoms with E-state index in [-0.39, 0.29) is 19.1 Å². The number of esters is 1. The molecule has 1 amide bonds. The molecular formula is C19H18N4O4S2. The molecule has 10 heteroatoms. The topological polar surface area (TPSA) is 103 Å². The van der Waals surface area contributed by atoms with Crippen LogP contribution in [0.3, 0.4) is 0 Å². The molecule has 1 N–H and O–H groups in total. The second kappa shape index (κ2) is 9.39. The van der Waals surface area contributed by atoms with Gasteiger partial charge in [0.15, 0.2) is 5.13 Å². The molecule has 2 aromatic heterocycles. The van der Waals surface area contributed by atoms with Crippen molar-refractivity contribution in [1.29, 1.82) is 0 Å². The molecule has 3 aromatic rings. The molecule has 8 nitrogen and oxygen atoms in total. The normalized spacial score (nSPS) is 10.4. The molecule has 0 aliphatic rings. The Morgan fingerprint density at radius 2 is 2.07 bits per heavy atom. The molecule has 0 atom stereocenters. The number of benzene rings is 1. The minimum Gasteiger partial charge on any atom is -0.487 e. The molecule has 3 rings (SSSR count). The van der Waals surface area contributed by atoms with Crippen LogP contribution < -0.4 is 10.1 Å². The van der Waals surface area contributed by atoms with Gasteiger partial charge in [-0.15, -0.1) is 0 Å². The van der Waals surface area contributed by atoms with Crippen molar-refractivity contribution in [3.05, 3.63) is 64.4 Å². The van der Waals surface area contributed by atoms with Crippen LogP contribution in [0.15, 0.2) is 36.9 Å². The Morgan fingerprint density at radius 1 is 1.24 bits per heavy atom. The van der Waals surface area contributed by atoms with Gasteiger partial charge in [0.25, 0.3) is 5.91 Å². The quantitative estimate of drug-likeness (QED) is 0.428. The van der Waals surface area contributed by atoms with E-state index in [1.54, 1.807) is 31.2 Å². The van der Waals surface area contributed by atoms with Gasteiger partial charge in [-0.05, 0) is 32.0 Å². The number of aromatic nitrogens is 3. The number of ether oxygens (including phenoxy) is 2. The van der Waals surface area contributed by atoms with Crippen LogP contribution in [-0.2, 0) is 11.3 Å². The van der Waals surface area contributed by atoms with Crippen LogP contribution in [0.1, 0.15) is 37.1 Å². The number of carbonyl (C=O) groups excluding carboxylic acids is 2. The van der Waals surface area contributed by atoms with Gasteiger partial charge >= 0.3 is 5.97 Å². The summed E-state index contributed by atoms with van der Waals surface area (Å²) in [5.74, 6) is -0.321. The zero-order valence-corrected chi connectivity index (χ0v) is 17.4. The molecule has 0 saturated carbocycles. The van der Waals surface area contributed by atoms with Gasteiger partial charge in [-0.2, -0.15) is 8.75 Å². The largest absolute Gasteiger partial charge is 0.487 e. The lowest BCUT2D eigenvalue weighted by Gasteiger charge is -2.07. The van der Waals surface area contributed by atoms with Crippen LogP contribution in [0.5, 0.6) is 5.75 Å². The lowest BCUT2D eigenvalue weighted by atomic mass is 10.2. The highest BCUT2D eigenvalue weighted by Gasteiger charge is 2.18. The first-order chi connectivity index (χ1) is 14.0. The van der Waals surface area contributed by atoms with Crippen molar-refractivity contribution >= 4 is 40.1 Å². The molecule has 1 aromatic carbocycles. The van der Waals surface area contributed by atoms with E-state index in [1.807, 2.05) is 6.92 Å². The number of hydrogen-bond donors (Lipinski definition) is 1. The maximum atomic E-state index is 12.6. The Hall–Kier alpha value is -3.11. The molecule has 2 heterocycles. The lowest BCUT2D eigenvalue weighted by Crippen LogP contribution is -2.11. The molecule has 29 heavy (non-hydrogen) atoms. The number of aryl methyl sites for hydroxylation is 2. The maximum Gasteiger partial charge on any atom is 0.350 e. The SMILES string of the molecule is C=CCOC(=O)c1sc(NC(=O)c2cccc(OCc3nsnc3C)c2)nc1C. The van der Waals surface area contributed by atoms with Gasteiger partial charge in [-0.25, -0.2) is 9.78 Å². The molecule has 0 unspecified atom stereocenters. The zero-order chi connectivity index (χ0) is 20.8. The third kappa shape index (κ3) is 5.24. The number of hydrogen-bond acceptors (Lipinski definition) is 9. The average Bonchev–Trinajstić information content (AvgIpc) is 3.29. The molecule has 0 bridgehead atoms. The minimum atomic E-state index is -0.498. The van der Waals surface area contributed by atoms with Crippen molar-refractivity contribution in [1.82, 2.24) is 13.7 Å². The summed E-state index contributed by atoms with van der Waals surface area (Å²) in [5, 5.41) is 3.01. The van der Waals surface area contributed by atoms with Gasteiger partial charge in [0.05, 0.1) is 23.1 Å². The van der Waals surface area contributed by atoms with E-state index in [0.717, 1.165) is 34.5 Å². The van der Waals surface area contributed by atoms with Gasteiger partial charge in [-0.3, -0.25) is 10.1 Å². The highest BCUT2D eigenvalue weighted by atomic mass is 32.1. The molecule has 0 saturated heterocycles. The molecule has 0 radical (unpaired) electrons. The molecule has 0 aliphatic carbocycles. The van der Waals surface area contributed by atoms with E-state index in [4.69, 9.17) is 9.47 Å². The van der Waals surface area contributed by atoms with Gasteiger partial charge in [0.1, 0.15) is 29.5 Å². The minimum absolute atomic E-state index is 0.112. The summed E-state index contributed by atoms with van der Waals surface area (Å²) in [6.45, 7) is 7.43. The summed E-state index contributed by atoms with van der Waals surface area (Å²) < 4.78 is 19.0. The lowest BCUT2D eigenvalue weighted by molar-refractivity contribution is 0.0554. The van der Waals surface area contributed by atoms with Gasteiger partial charge in [0.2, 0.25) is 0 Å². The van der Waals surface area contributed by atoms with Crippen LogP contribution in [-0.4, -0.2) is 32.2 Å². The monoisotopic (exact) mass is 430 g/mol. The Bertz CT molecular complexity index is 1040. The molecule has 0 aliphatic heterocycles. The van der Waals surface area contributed by atoms with Gasteiger partial charge < -0.3 is 9.47 Å². The van der Waals surface area contributed by atoms with E-state index in [0.29, 0.717) is 27.0 Å². The number of nitrogens with one attached hydrogen (secondary N) is 1. The Morgan fingerprint density at radius 3 is 2.79 bits per heavy atom. The third-order valence-electron chi connectivity index (χ3n) is 3.75. The van der Waals surface area contributed by atoms with Crippen molar-refractivity contribution < 1.29 is 19.1 Å². The maximum absolute atomic E-state index is 12.6. The van der Waals surface area contributed by atoms with Gasteiger partial charge in [-0.1, -0.05) is 30.1 Å². The predicted octanol–water partition coefficient (Wildman–Crippen LogP) is 3.79. The van der Waals surface area contributed by atoms with Crippen molar-refractivity contribution in [2.45, 2.75) is 20.5 Å². The van der Waals surface area contributed by atoms with Crippen LogP contribution in [0.2, 0.25) is 0 Å².